The van der Waals surface area contributed by atoms with Gasteiger partial charge in [-0.15, -0.1) is 0 Å². The molecule has 0 aliphatic rings. The molecule has 0 aliphatic heterocycles. The van der Waals surface area contributed by atoms with Crippen molar-refractivity contribution in [3.8, 4) is 11.5 Å². The molecule has 0 fully saturated rings. The molecule has 0 saturated heterocycles. The number of amides is 1. The Morgan fingerprint density at radius 3 is 2.57 bits per heavy atom. The average Bonchev–Trinajstić information content (AvgIpc) is 3.05. The second-order valence-corrected chi connectivity index (χ2v) is 4.23. The van der Waals surface area contributed by atoms with E-state index < -0.39 is 0 Å². The fourth-order valence-electron chi connectivity index (χ4n) is 1.79. The maximum Gasteiger partial charge on any atom is 0.293 e. The molecule has 5 nitrogen and oxygen atoms in total. The molecule has 0 radical (unpaired) electrons. The lowest BCUT2D eigenvalue weighted by atomic mass is 10.2. The molecular formula is C16H12N2O3. The first-order valence-corrected chi connectivity index (χ1v) is 6.35. The summed E-state index contributed by atoms with van der Waals surface area (Å²) in [4.78, 5) is 15.7. The van der Waals surface area contributed by atoms with Crippen LogP contribution in [0.15, 0.2) is 71.6 Å². The van der Waals surface area contributed by atoms with Gasteiger partial charge in [0.2, 0.25) is 5.76 Å². The third kappa shape index (κ3) is 3.09. The minimum atomic E-state index is -0.378. The first-order valence-electron chi connectivity index (χ1n) is 6.35. The second kappa shape index (κ2) is 5.92. The summed E-state index contributed by atoms with van der Waals surface area (Å²) in [5, 5.41) is 2.74. The van der Waals surface area contributed by atoms with Crippen molar-refractivity contribution in [3.05, 3.63) is 72.9 Å². The summed E-state index contributed by atoms with van der Waals surface area (Å²) >= 11 is 0. The molecule has 1 aromatic heterocycles. The highest BCUT2D eigenvalue weighted by molar-refractivity contribution is 6.02. The summed E-state index contributed by atoms with van der Waals surface area (Å²) < 4.78 is 10.7. The lowest BCUT2D eigenvalue weighted by Crippen LogP contribution is -2.11. The molecule has 0 spiro atoms. The van der Waals surface area contributed by atoms with Gasteiger partial charge in [-0.1, -0.05) is 30.3 Å². The van der Waals surface area contributed by atoms with Crippen LogP contribution in [-0.2, 0) is 0 Å². The minimum Gasteiger partial charge on any atom is -0.455 e. The van der Waals surface area contributed by atoms with Crippen molar-refractivity contribution in [3.63, 3.8) is 0 Å². The Labute approximate surface area is 121 Å². The Morgan fingerprint density at radius 1 is 1.05 bits per heavy atom. The lowest BCUT2D eigenvalue weighted by Gasteiger charge is -2.11. The Kier molecular flexibility index (Phi) is 3.64. The summed E-state index contributed by atoms with van der Waals surface area (Å²) in [5.74, 6) is 1.01. The smallest absolute Gasteiger partial charge is 0.293 e. The summed E-state index contributed by atoms with van der Waals surface area (Å²) in [5.41, 5.74) is 0.558. The van der Waals surface area contributed by atoms with Gasteiger partial charge in [-0.2, -0.15) is 0 Å². The van der Waals surface area contributed by atoms with Crippen LogP contribution in [0.5, 0.6) is 11.5 Å². The van der Waals surface area contributed by atoms with Crippen LogP contribution in [-0.4, -0.2) is 10.9 Å². The predicted octanol–water partition coefficient (Wildman–Crippen LogP) is 3.72. The third-order valence-electron chi connectivity index (χ3n) is 2.76. The lowest BCUT2D eigenvalue weighted by molar-refractivity contribution is 0.0996. The molecule has 5 heteroatoms. The maximum atomic E-state index is 12.0. The van der Waals surface area contributed by atoms with E-state index in [4.69, 9.17) is 9.15 Å². The van der Waals surface area contributed by atoms with Crippen LogP contribution < -0.4 is 10.1 Å². The standard InChI is InChI=1S/C16H12N2O3/c19-16(15-10-17-11-20-15)18-13-8-4-5-9-14(13)21-12-6-2-1-3-7-12/h1-11H,(H,18,19). The fourth-order valence-corrected chi connectivity index (χ4v) is 1.79. The Bertz CT molecular complexity index is 724. The Hall–Kier alpha value is -3.08. The highest BCUT2D eigenvalue weighted by Gasteiger charge is 2.12. The van der Waals surface area contributed by atoms with E-state index in [9.17, 15) is 4.79 Å². The van der Waals surface area contributed by atoms with E-state index in [1.165, 1.54) is 12.6 Å². The van der Waals surface area contributed by atoms with E-state index in [1.54, 1.807) is 12.1 Å². The zero-order chi connectivity index (χ0) is 14.5. The SMILES string of the molecule is O=C(Nc1ccccc1Oc1ccccc1)c1cnco1. The van der Waals surface area contributed by atoms with Crippen molar-refractivity contribution in [1.29, 1.82) is 0 Å². The number of carbonyl (C=O) groups is 1. The van der Waals surface area contributed by atoms with Gasteiger partial charge in [0.05, 0.1) is 11.9 Å². The maximum absolute atomic E-state index is 12.0. The van der Waals surface area contributed by atoms with E-state index in [1.807, 2.05) is 42.5 Å². The number of nitrogens with zero attached hydrogens (tertiary/aromatic N) is 1. The molecule has 0 atom stereocenters. The molecule has 1 N–H and O–H groups in total. The van der Waals surface area contributed by atoms with Crippen LogP contribution >= 0.6 is 0 Å². The predicted molar refractivity (Wildman–Crippen MR) is 77.4 cm³/mol. The number of hydrogen-bond acceptors (Lipinski definition) is 4. The van der Waals surface area contributed by atoms with Gasteiger partial charge in [-0.05, 0) is 24.3 Å². The Morgan fingerprint density at radius 2 is 1.81 bits per heavy atom. The molecule has 2 aromatic carbocycles. The van der Waals surface area contributed by atoms with Crippen molar-refractivity contribution in [2.45, 2.75) is 0 Å². The molecular weight excluding hydrogens is 268 g/mol. The van der Waals surface area contributed by atoms with Crippen LogP contribution in [0.25, 0.3) is 0 Å². The normalized spacial score (nSPS) is 10.1. The van der Waals surface area contributed by atoms with E-state index in [0.717, 1.165) is 0 Å². The van der Waals surface area contributed by atoms with Gasteiger partial charge in [-0.3, -0.25) is 4.79 Å². The number of nitrogens with one attached hydrogen (secondary N) is 1. The highest BCUT2D eigenvalue weighted by atomic mass is 16.5. The van der Waals surface area contributed by atoms with Gasteiger partial charge in [0.1, 0.15) is 5.75 Å². The number of hydrogen-bond donors (Lipinski definition) is 1. The van der Waals surface area contributed by atoms with E-state index in [0.29, 0.717) is 17.2 Å². The van der Waals surface area contributed by atoms with Gasteiger partial charge in [0.15, 0.2) is 12.1 Å². The van der Waals surface area contributed by atoms with Crippen LogP contribution in [0.4, 0.5) is 5.69 Å². The average molecular weight is 280 g/mol. The van der Waals surface area contributed by atoms with Gasteiger partial charge >= 0.3 is 0 Å². The number of benzene rings is 2. The topological polar surface area (TPSA) is 64.4 Å². The van der Waals surface area contributed by atoms with Gasteiger partial charge in [0, 0.05) is 0 Å². The minimum absolute atomic E-state index is 0.143. The van der Waals surface area contributed by atoms with Gasteiger partial charge < -0.3 is 14.5 Å². The van der Waals surface area contributed by atoms with Crippen LogP contribution in [0.2, 0.25) is 0 Å². The van der Waals surface area contributed by atoms with Crippen molar-refractivity contribution in [2.24, 2.45) is 0 Å². The van der Waals surface area contributed by atoms with Crippen molar-refractivity contribution in [2.75, 3.05) is 5.32 Å². The zero-order valence-electron chi connectivity index (χ0n) is 11.0. The number of rotatable bonds is 4. The molecule has 0 aliphatic carbocycles. The third-order valence-corrected chi connectivity index (χ3v) is 2.76. The van der Waals surface area contributed by atoms with Crippen molar-refractivity contribution < 1.29 is 13.9 Å². The summed E-state index contributed by atoms with van der Waals surface area (Å²) in [6.07, 6.45) is 2.57. The van der Waals surface area contributed by atoms with E-state index >= 15 is 0 Å². The largest absolute Gasteiger partial charge is 0.455 e. The van der Waals surface area contributed by atoms with Crippen molar-refractivity contribution in [1.82, 2.24) is 4.98 Å². The summed E-state index contributed by atoms with van der Waals surface area (Å²) in [6, 6.07) is 16.5. The first-order chi connectivity index (χ1) is 10.3. The second-order valence-electron chi connectivity index (χ2n) is 4.23. The van der Waals surface area contributed by atoms with Gasteiger partial charge in [0.25, 0.3) is 5.91 Å². The molecule has 21 heavy (non-hydrogen) atoms. The summed E-state index contributed by atoms with van der Waals surface area (Å²) in [7, 11) is 0. The molecule has 3 aromatic rings. The van der Waals surface area contributed by atoms with Gasteiger partial charge in [-0.25, -0.2) is 4.98 Å². The number of ether oxygens (including phenoxy) is 1. The number of oxazole rings is 1. The fraction of sp³-hybridized carbons (Fsp3) is 0. The number of para-hydroxylation sites is 3. The highest BCUT2D eigenvalue weighted by Crippen LogP contribution is 2.29. The quantitative estimate of drug-likeness (QED) is 0.791. The molecule has 1 amide bonds. The molecule has 0 bridgehead atoms. The van der Waals surface area contributed by atoms with Crippen LogP contribution in [0.3, 0.4) is 0 Å². The van der Waals surface area contributed by atoms with E-state index in [-0.39, 0.29) is 11.7 Å². The van der Waals surface area contributed by atoms with E-state index in [2.05, 4.69) is 10.3 Å². The van der Waals surface area contributed by atoms with Crippen LogP contribution in [0.1, 0.15) is 10.6 Å². The number of anilines is 1. The molecule has 3 rings (SSSR count). The molecule has 0 unspecified atom stereocenters. The Balaban J connectivity index is 1.81. The number of aromatic nitrogens is 1. The first kappa shape index (κ1) is 12.9. The molecule has 0 saturated carbocycles. The van der Waals surface area contributed by atoms with Crippen molar-refractivity contribution >= 4 is 11.6 Å². The number of carbonyl (C=O) groups excluding carboxylic acids is 1. The molecule has 104 valence electrons. The van der Waals surface area contributed by atoms with Crippen LogP contribution in [0, 0.1) is 0 Å². The molecule has 1 heterocycles. The monoisotopic (exact) mass is 280 g/mol. The zero-order valence-corrected chi connectivity index (χ0v) is 11.0. The summed E-state index contributed by atoms with van der Waals surface area (Å²) in [6.45, 7) is 0.